The molecule has 0 aliphatic rings. The minimum absolute atomic E-state index is 0.0275. The second-order valence-corrected chi connectivity index (χ2v) is 6.22. The second-order valence-electron chi connectivity index (χ2n) is 3.34. The Bertz CT molecular complexity index is 621. The Kier molecular flexibility index (Phi) is 3.33. The average Bonchev–Trinajstić information content (AvgIpc) is 2.69. The molecule has 0 saturated carbocycles. The fourth-order valence-corrected chi connectivity index (χ4v) is 2.46. The number of imidazole rings is 1. The first kappa shape index (κ1) is 12.3. The van der Waals surface area contributed by atoms with Gasteiger partial charge in [-0.3, -0.25) is 4.72 Å². The van der Waals surface area contributed by atoms with Crippen LogP contribution in [0, 0.1) is 3.57 Å². The van der Waals surface area contributed by atoms with Crippen molar-refractivity contribution in [2.75, 3.05) is 4.72 Å². The number of nitrogens with zero attached hydrogens (tertiary/aromatic N) is 3. The molecule has 2 rings (SSSR count). The van der Waals surface area contributed by atoms with E-state index in [1.165, 1.54) is 12.5 Å². The highest BCUT2D eigenvalue weighted by Gasteiger charge is 2.17. The Hall–Kier alpha value is -1.16. The lowest BCUT2D eigenvalue weighted by Gasteiger charge is -2.04. The van der Waals surface area contributed by atoms with E-state index in [4.69, 9.17) is 0 Å². The number of halogens is 1. The smallest absolute Gasteiger partial charge is 0.282 e. The summed E-state index contributed by atoms with van der Waals surface area (Å²) in [6, 6.07) is 3.37. The van der Waals surface area contributed by atoms with Crippen LogP contribution in [-0.4, -0.2) is 23.0 Å². The van der Waals surface area contributed by atoms with Crippen molar-refractivity contribution in [2.45, 2.75) is 5.03 Å². The van der Waals surface area contributed by atoms with Crippen molar-refractivity contribution in [1.29, 1.82) is 0 Å². The monoisotopic (exact) mass is 364 g/mol. The first-order valence-electron chi connectivity index (χ1n) is 4.60. The zero-order valence-corrected chi connectivity index (χ0v) is 11.8. The van der Waals surface area contributed by atoms with Gasteiger partial charge in [-0.15, -0.1) is 0 Å². The predicted molar refractivity (Wildman–Crippen MR) is 71.0 cm³/mol. The first-order chi connectivity index (χ1) is 7.97. The van der Waals surface area contributed by atoms with Crippen LogP contribution in [0.1, 0.15) is 0 Å². The molecule has 0 radical (unpaired) electrons. The predicted octanol–water partition coefficient (Wildman–Crippen LogP) is 1.22. The second kappa shape index (κ2) is 4.61. The maximum absolute atomic E-state index is 11.9. The summed E-state index contributed by atoms with van der Waals surface area (Å²) in [5, 5.41) is -0.0275. The highest BCUT2D eigenvalue weighted by atomic mass is 127. The van der Waals surface area contributed by atoms with Gasteiger partial charge in [-0.05, 0) is 34.7 Å². The summed E-state index contributed by atoms with van der Waals surface area (Å²) < 4.78 is 28.6. The number of hydrogen-bond acceptors (Lipinski definition) is 4. The molecule has 0 atom stereocenters. The molecular formula is C9H9IN4O2S. The van der Waals surface area contributed by atoms with E-state index in [2.05, 4.69) is 37.3 Å². The van der Waals surface area contributed by atoms with Crippen molar-refractivity contribution in [3.05, 3.63) is 34.4 Å². The van der Waals surface area contributed by atoms with Crippen molar-refractivity contribution in [2.24, 2.45) is 7.05 Å². The number of sulfonamides is 1. The highest BCUT2D eigenvalue weighted by Crippen LogP contribution is 2.13. The minimum Gasteiger partial charge on any atom is -0.339 e. The van der Waals surface area contributed by atoms with E-state index in [0.717, 1.165) is 3.57 Å². The fourth-order valence-electron chi connectivity index (χ4n) is 1.15. The van der Waals surface area contributed by atoms with Crippen molar-refractivity contribution in [3.8, 4) is 0 Å². The third-order valence-electron chi connectivity index (χ3n) is 1.92. The molecule has 1 N–H and O–H groups in total. The van der Waals surface area contributed by atoms with E-state index in [1.54, 1.807) is 29.9 Å². The van der Waals surface area contributed by atoms with Gasteiger partial charge >= 0.3 is 0 Å². The largest absolute Gasteiger partial charge is 0.339 e. The number of anilines is 1. The van der Waals surface area contributed by atoms with Crippen LogP contribution >= 0.6 is 22.6 Å². The van der Waals surface area contributed by atoms with Crippen molar-refractivity contribution >= 4 is 38.4 Å². The van der Waals surface area contributed by atoms with Crippen LogP contribution in [0.5, 0.6) is 0 Å². The van der Waals surface area contributed by atoms with Gasteiger partial charge in [-0.25, -0.2) is 9.97 Å². The number of rotatable bonds is 3. The van der Waals surface area contributed by atoms with Crippen LogP contribution in [-0.2, 0) is 17.1 Å². The van der Waals surface area contributed by atoms with Crippen molar-refractivity contribution < 1.29 is 8.42 Å². The van der Waals surface area contributed by atoms with Gasteiger partial charge in [0.25, 0.3) is 10.0 Å². The fraction of sp³-hybridized carbons (Fsp3) is 0.111. The van der Waals surface area contributed by atoms with Gasteiger partial charge < -0.3 is 4.57 Å². The third-order valence-corrected chi connectivity index (χ3v) is 3.80. The van der Waals surface area contributed by atoms with E-state index in [-0.39, 0.29) is 10.8 Å². The summed E-state index contributed by atoms with van der Waals surface area (Å²) >= 11 is 2.09. The normalized spacial score (nSPS) is 11.4. The minimum atomic E-state index is -3.65. The highest BCUT2D eigenvalue weighted by molar-refractivity contribution is 14.1. The van der Waals surface area contributed by atoms with E-state index < -0.39 is 10.0 Å². The maximum Gasteiger partial charge on any atom is 0.282 e. The standard InChI is InChI=1S/C9H9IN4O2S/c1-14-5-9(12-6-14)17(15,16)13-8-3-2-7(10)4-11-8/h2-6H,1H3,(H,11,13). The Labute approximate surface area is 112 Å². The molecule has 0 aliphatic carbocycles. The lowest BCUT2D eigenvalue weighted by Crippen LogP contribution is -2.14. The quantitative estimate of drug-likeness (QED) is 0.831. The van der Waals surface area contributed by atoms with Crippen LogP contribution in [0.2, 0.25) is 0 Å². The third kappa shape index (κ3) is 2.94. The number of pyridine rings is 1. The molecule has 2 heterocycles. The molecule has 17 heavy (non-hydrogen) atoms. The van der Waals surface area contributed by atoms with Crippen LogP contribution < -0.4 is 4.72 Å². The summed E-state index contributed by atoms with van der Waals surface area (Å²) in [7, 11) is -1.95. The first-order valence-corrected chi connectivity index (χ1v) is 7.16. The summed E-state index contributed by atoms with van der Waals surface area (Å²) in [5.41, 5.74) is 0. The molecule has 0 bridgehead atoms. The van der Waals surface area contributed by atoms with Gasteiger partial charge in [0.2, 0.25) is 0 Å². The molecule has 6 nitrogen and oxygen atoms in total. The molecule has 0 aliphatic heterocycles. The van der Waals surface area contributed by atoms with Gasteiger partial charge in [-0.1, -0.05) is 0 Å². The van der Waals surface area contributed by atoms with E-state index >= 15 is 0 Å². The van der Waals surface area contributed by atoms with Gasteiger partial charge in [0.05, 0.1) is 6.33 Å². The van der Waals surface area contributed by atoms with E-state index in [9.17, 15) is 8.42 Å². The number of hydrogen-bond donors (Lipinski definition) is 1. The summed E-state index contributed by atoms with van der Waals surface area (Å²) in [6.45, 7) is 0. The molecule has 0 amide bonds. The molecule has 0 saturated heterocycles. The van der Waals surface area contributed by atoms with Gasteiger partial charge in [0.15, 0.2) is 5.03 Å². The van der Waals surface area contributed by atoms with E-state index in [1.807, 2.05) is 0 Å². The number of aryl methyl sites for hydroxylation is 1. The van der Waals surface area contributed by atoms with Crippen LogP contribution in [0.25, 0.3) is 0 Å². The Morgan fingerprint density at radius 3 is 2.65 bits per heavy atom. The molecule has 0 fully saturated rings. The Morgan fingerprint density at radius 1 is 1.35 bits per heavy atom. The molecule has 0 aromatic carbocycles. The van der Waals surface area contributed by atoms with Gasteiger partial charge in [0.1, 0.15) is 5.82 Å². The average molecular weight is 364 g/mol. The van der Waals surface area contributed by atoms with Crippen LogP contribution in [0.15, 0.2) is 35.9 Å². The number of nitrogens with one attached hydrogen (secondary N) is 1. The molecule has 2 aromatic rings. The SMILES string of the molecule is Cn1cnc(S(=O)(=O)Nc2ccc(I)cn2)c1. The van der Waals surface area contributed by atoms with Crippen molar-refractivity contribution in [3.63, 3.8) is 0 Å². The summed E-state index contributed by atoms with van der Waals surface area (Å²) in [6.07, 6.45) is 4.43. The molecule has 2 aromatic heterocycles. The lowest BCUT2D eigenvalue weighted by atomic mass is 10.5. The molecule has 90 valence electrons. The van der Waals surface area contributed by atoms with E-state index in [0.29, 0.717) is 0 Å². The number of aromatic nitrogens is 3. The van der Waals surface area contributed by atoms with Crippen LogP contribution in [0.3, 0.4) is 0 Å². The topological polar surface area (TPSA) is 76.9 Å². The van der Waals surface area contributed by atoms with Gasteiger partial charge in [-0.2, -0.15) is 8.42 Å². The maximum atomic E-state index is 11.9. The molecule has 0 unspecified atom stereocenters. The summed E-state index contributed by atoms with van der Waals surface area (Å²) in [4.78, 5) is 7.75. The zero-order valence-electron chi connectivity index (χ0n) is 8.83. The Balaban J connectivity index is 2.26. The zero-order chi connectivity index (χ0) is 12.5. The van der Waals surface area contributed by atoms with Crippen LogP contribution in [0.4, 0.5) is 5.82 Å². The molecule has 8 heteroatoms. The molecule has 0 spiro atoms. The van der Waals surface area contributed by atoms with Crippen molar-refractivity contribution in [1.82, 2.24) is 14.5 Å². The Morgan fingerprint density at radius 2 is 2.12 bits per heavy atom. The lowest BCUT2D eigenvalue weighted by molar-refractivity contribution is 0.598. The van der Waals surface area contributed by atoms with Gasteiger partial charge in [0, 0.05) is 23.0 Å². The molecular weight excluding hydrogens is 355 g/mol. The summed E-state index contributed by atoms with van der Waals surface area (Å²) in [5.74, 6) is 0.274.